The van der Waals surface area contributed by atoms with Crippen molar-refractivity contribution in [2.24, 2.45) is 5.92 Å². The number of amides is 2. The molecule has 7 nitrogen and oxygen atoms in total. The van der Waals surface area contributed by atoms with Crippen LogP contribution in [-0.2, 0) is 16.1 Å². The van der Waals surface area contributed by atoms with Crippen molar-refractivity contribution in [3.05, 3.63) is 42.0 Å². The second kappa shape index (κ2) is 7.04. The molecule has 2 amide bonds. The fourth-order valence-electron chi connectivity index (χ4n) is 3.84. The Kier molecular flexibility index (Phi) is 4.35. The molecule has 2 N–H and O–H groups in total. The summed E-state index contributed by atoms with van der Waals surface area (Å²) in [5, 5.41) is 14.1. The number of nitrogens with zero attached hydrogens (tertiary/aromatic N) is 2. The minimum absolute atomic E-state index is 0.0452. The van der Waals surface area contributed by atoms with Gasteiger partial charge in [0.2, 0.25) is 11.8 Å². The van der Waals surface area contributed by atoms with Crippen LogP contribution in [0.15, 0.2) is 36.4 Å². The van der Waals surface area contributed by atoms with Gasteiger partial charge < -0.3 is 20.1 Å². The number of carbonyl (C=O) groups excluding carboxylic acids is 2. The Labute approximate surface area is 170 Å². The van der Waals surface area contributed by atoms with Crippen LogP contribution >= 0.6 is 11.3 Å². The smallest absolute Gasteiger partial charge is 0.228 e. The molecule has 0 unspecified atom stereocenters. The van der Waals surface area contributed by atoms with Crippen molar-refractivity contribution in [2.75, 3.05) is 19.7 Å². The lowest BCUT2D eigenvalue weighted by molar-refractivity contribution is -0.136. The van der Waals surface area contributed by atoms with Crippen LogP contribution < -0.4 is 10.1 Å². The number of carbonyl (C=O) groups is 2. The van der Waals surface area contributed by atoms with E-state index in [1.807, 2.05) is 30.3 Å². The minimum Gasteiger partial charge on any atom is -0.504 e. The standard InChI is InChI=1S/C21H19N3O4S/c25-16-8-12(20-23-15-3-1-2-4-17(15)29-20)7-14-11-24(5-6-28-19(14)16)21(27)13-9-18(26)22-10-13/h1-4,7-8,13,25H,5-6,9-11H2,(H,22,26)/t13-/m0/s1. The zero-order valence-electron chi connectivity index (χ0n) is 15.6. The fraction of sp³-hybridized carbons (Fsp3) is 0.286. The number of phenols is 1. The summed E-state index contributed by atoms with van der Waals surface area (Å²) in [6, 6.07) is 11.5. The molecule has 8 heteroatoms. The summed E-state index contributed by atoms with van der Waals surface area (Å²) in [4.78, 5) is 30.7. The molecule has 0 spiro atoms. The molecule has 0 radical (unpaired) electrons. The number of ether oxygens (including phenoxy) is 1. The highest BCUT2D eigenvalue weighted by Gasteiger charge is 2.33. The van der Waals surface area contributed by atoms with Gasteiger partial charge in [0, 0.05) is 30.6 Å². The zero-order chi connectivity index (χ0) is 20.0. The zero-order valence-corrected chi connectivity index (χ0v) is 16.4. The van der Waals surface area contributed by atoms with Crippen LogP contribution in [-0.4, -0.2) is 46.5 Å². The lowest BCUT2D eigenvalue weighted by Crippen LogP contribution is -2.37. The number of hydrogen-bond donors (Lipinski definition) is 2. The van der Waals surface area contributed by atoms with Gasteiger partial charge in [0.05, 0.1) is 22.7 Å². The van der Waals surface area contributed by atoms with Crippen molar-refractivity contribution >= 4 is 33.4 Å². The monoisotopic (exact) mass is 409 g/mol. The van der Waals surface area contributed by atoms with E-state index in [9.17, 15) is 14.7 Å². The second-order valence-corrected chi connectivity index (χ2v) is 8.31. The van der Waals surface area contributed by atoms with Gasteiger partial charge in [-0.25, -0.2) is 4.98 Å². The second-order valence-electron chi connectivity index (χ2n) is 7.28. The molecule has 2 aliphatic rings. The number of phenolic OH excluding ortho intramolecular Hbond substituents is 1. The van der Waals surface area contributed by atoms with E-state index in [4.69, 9.17) is 4.74 Å². The average molecular weight is 409 g/mol. The van der Waals surface area contributed by atoms with Crippen molar-refractivity contribution in [2.45, 2.75) is 13.0 Å². The first-order valence-electron chi connectivity index (χ1n) is 9.48. The summed E-state index contributed by atoms with van der Waals surface area (Å²) in [7, 11) is 0. The number of aromatic nitrogens is 1. The van der Waals surface area contributed by atoms with Crippen molar-refractivity contribution in [3.63, 3.8) is 0 Å². The molecule has 3 aromatic rings. The number of rotatable bonds is 2. The molecule has 0 aliphatic carbocycles. The Hall–Kier alpha value is -3.13. The van der Waals surface area contributed by atoms with Crippen LogP contribution in [0.1, 0.15) is 12.0 Å². The Morgan fingerprint density at radius 2 is 2.17 bits per heavy atom. The third-order valence-electron chi connectivity index (χ3n) is 5.29. The number of hydrogen-bond acceptors (Lipinski definition) is 6. The first-order chi connectivity index (χ1) is 14.1. The molecule has 0 bridgehead atoms. The summed E-state index contributed by atoms with van der Waals surface area (Å²) in [5.41, 5.74) is 2.44. The van der Waals surface area contributed by atoms with Crippen LogP contribution in [0.5, 0.6) is 11.5 Å². The number of fused-ring (bicyclic) bond motifs is 2. The van der Waals surface area contributed by atoms with Gasteiger partial charge in [0.25, 0.3) is 0 Å². The molecule has 2 aromatic carbocycles. The highest BCUT2D eigenvalue weighted by Crippen LogP contribution is 2.39. The Morgan fingerprint density at radius 3 is 2.97 bits per heavy atom. The number of aromatic hydroxyl groups is 1. The van der Waals surface area contributed by atoms with Crippen LogP contribution in [0.25, 0.3) is 20.8 Å². The van der Waals surface area contributed by atoms with Crippen molar-refractivity contribution in [1.82, 2.24) is 15.2 Å². The van der Waals surface area contributed by atoms with Crippen LogP contribution in [0.2, 0.25) is 0 Å². The van der Waals surface area contributed by atoms with E-state index in [0.29, 0.717) is 32.0 Å². The molecule has 1 atom stereocenters. The van der Waals surface area contributed by atoms with E-state index >= 15 is 0 Å². The first kappa shape index (κ1) is 17.9. The van der Waals surface area contributed by atoms with E-state index in [-0.39, 0.29) is 29.9 Å². The molecule has 148 valence electrons. The minimum atomic E-state index is -0.343. The molecular weight excluding hydrogens is 390 g/mol. The van der Waals surface area contributed by atoms with E-state index in [1.165, 1.54) is 0 Å². The average Bonchev–Trinajstić information content (AvgIpc) is 3.28. The van der Waals surface area contributed by atoms with Crippen LogP contribution in [0.3, 0.4) is 0 Å². The number of thiazole rings is 1. The predicted octanol–water partition coefficient (Wildman–Crippen LogP) is 2.53. The van der Waals surface area contributed by atoms with Gasteiger partial charge in [-0.15, -0.1) is 11.3 Å². The first-order valence-corrected chi connectivity index (χ1v) is 10.3. The maximum atomic E-state index is 12.9. The van der Waals surface area contributed by atoms with Crippen molar-refractivity contribution in [1.29, 1.82) is 0 Å². The highest BCUT2D eigenvalue weighted by atomic mass is 32.1. The number of nitrogens with one attached hydrogen (secondary N) is 1. The Balaban J connectivity index is 1.48. The Bertz CT molecular complexity index is 1090. The predicted molar refractivity (Wildman–Crippen MR) is 109 cm³/mol. The van der Waals surface area contributed by atoms with Gasteiger partial charge >= 0.3 is 0 Å². The Morgan fingerprint density at radius 1 is 1.31 bits per heavy atom. The third-order valence-corrected chi connectivity index (χ3v) is 6.38. The molecule has 5 rings (SSSR count). The van der Waals surface area contributed by atoms with Gasteiger partial charge in [-0.2, -0.15) is 0 Å². The van der Waals surface area contributed by atoms with Gasteiger partial charge in [-0.1, -0.05) is 12.1 Å². The summed E-state index contributed by atoms with van der Waals surface area (Å²) < 4.78 is 6.82. The quantitative estimate of drug-likeness (QED) is 0.679. The summed E-state index contributed by atoms with van der Waals surface area (Å²) in [6.45, 7) is 1.40. The van der Waals surface area contributed by atoms with Gasteiger partial charge in [0.15, 0.2) is 11.5 Å². The molecular formula is C21H19N3O4S. The van der Waals surface area contributed by atoms with Crippen LogP contribution in [0.4, 0.5) is 0 Å². The molecule has 1 aromatic heterocycles. The number of benzene rings is 2. The van der Waals surface area contributed by atoms with Gasteiger partial charge in [-0.05, 0) is 24.3 Å². The SMILES string of the molecule is O=C1C[C@H](C(=O)N2CCOc3c(O)cc(-c4nc5ccccc5s4)cc3C2)CN1. The summed E-state index contributed by atoms with van der Waals surface area (Å²) >= 11 is 1.55. The molecule has 1 saturated heterocycles. The topological polar surface area (TPSA) is 91.8 Å². The summed E-state index contributed by atoms with van der Waals surface area (Å²) in [5.74, 6) is -0.0464. The van der Waals surface area contributed by atoms with E-state index < -0.39 is 0 Å². The maximum Gasteiger partial charge on any atom is 0.228 e. The largest absolute Gasteiger partial charge is 0.504 e. The van der Waals surface area contributed by atoms with E-state index in [2.05, 4.69) is 10.3 Å². The highest BCUT2D eigenvalue weighted by molar-refractivity contribution is 7.21. The van der Waals surface area contributed by atoms with Crippen molar-refractivity contribution < 1.29 is 19.4 Å². The van der Waals surface area contributed by atoms with Crippen LogP contribution in [0, 0.1) is 5.92 Å². The number of para-hydroxylation sites is 1. The molecule has 1 fully saturated rings. The fourth-order valence-corrected chi connectivity index (χ4v) is 4.80. The third kappa shape index (κ3) is 3.29. The molecule has 3 heterocycles. The van der Waals surface area contributed by atoms with E-state index in [0.717, 1.165) is 26.4 Å². The lowest BCUT2D eigenvalue weighted by atomic mass is 10.1. The summed E-state index contributed by atoms with van der Waals surface area (Å²) in [6.07, 6.45) is 0.222. The molecule has 2 aliphatic heterocycles. The van der Waals surface area contributed by atoms with Gasteiger partial charge in [0.1, 0.15) is 11.6 Å². The molecule has 29 heavy (non-hydrogen) atoms. The molecule has 0 saturated carbocycles. The maximum absolute atomic E-state index is 12.9. The lowest BCUT2D eigenvalue weighted by Gasteiger charge is -2.22. The normalized spacial score (nSPS) is 18.8. The van der Waals surface area contributed by atoms with E-state index in [1.54, 1.807) is 22.3 Å². The van der Waals surface area contributed by atoms with Crippen molar-refractivity contribution in [3.8, 4) is 22.1 Å². The van der Waals surface area contributed by atoms with Gasteiger partial charge in [-0.3, -0.25) is 9.59 Å².